The van der Waals surface area contributed by atoms with Gasteiger partial charge < -0.3 is 23.7 Å². The Morgan fingerprint density at radius 2 is 1.35 bits per heavy atom. The number of hydrogen-bond donors (Lipinski definition) is 0. The average molecular weight is 332 g/mol. The van der Waals surface area contributed by atoms with Gasteiger partial charge in [-0.15, -0.1) is 0 Å². The van der Waals surface area contributed by atoms with Crippen LogP contribution < -0.4 is 0 Å². The van der Waals surface area contributed by atoms with Gasteiger partial charge in [-0.2, -0.15) is 0 Å². The molecule has 0 aromatic carbocycles. The van der Waals surface area contributed by atoms with E-state index in [1.807, 2.05) is 20.8 Å². The zero-order chi connectivity index (χ0) is 17.7. The number of rotatable bonds is 14. The van der Waals surface area contributed by atoms with Crippen LogP contribution in [0, 0.1) is 0 Å². The molecular formula is C17H32O6. The first-order valence-corrected chi connectivity index (χ1v) is 8.35. The number of carbonyl (C=O) groups is 2. The van der Waals surface area contributed by atoms with Crippen LogP contribution in [0.3, 0.4) is 0 Å². The molecule has 0 saturated heterocycles. The van der Waals surface area contributed by atoms with Crippen LogP contribution in [0.4, 0.5) is 0 Å². The maximum atomic E-state index is 11.4. The molecule has 0 N–H and O–H groups in total. The minimum absolute atomic E-state index is 0.0191. The van der Waals surface area contributed by atoms with Crippen molar-refractivity contribution in [3.63, 3.8) is 0 Å². The standard InChI is InChI=1S/C17H32O6/c1-6-9-20-14(3)10-21-15(4)11-22-16(5)12-23-17(19)8-7-13(2)18/h14-16H,6-12H2,1-5H3. The monoisotopic (exact) mass is 332 g/mol. The first-order chi connectivity index (χ1) is 10.8. The number of ketones is 1. The second-order valence-electron chi connectivity index (χ2n) is 5.85. The molecule has 0 saturated carbocycles. The molecule has 0 aliphatic rings. The highest BCUT2D eigenvalue weighted by Gasteiger charge is 2.12. The van der Waals surface area contributed by atoms with E-state index in [1.54, 1.807) is 0 Å². The average Bonchev–Trinajstić information content (AvgIpc) is 2.52. The molecule has 0 aromatic heterocycles. The summed E-state index contributed by atoms with van der Waals surface area (Å²) in [6.07, 6.45) is 1.13. The van der Waals surface area contributed by atoms with Gasteiger partial charge in [0, 0.05) is 13.0 Å². The zero-order valence-electron chi connectivity index (χ0n) is 15.1. The van der Waals surface area contributed by atoms with Gasteiger partial charge in [0.25, 0.3) is 0 Å². The van der Waals surface area contributed by atoms with Crippen molar-refractivity contribution >= 4 is 11.8 Å². The largest absolute Gasteiger partial charge is 0.463 e. The van der Waals surface area contributed by atoms with E-state index in [9.17, 15) is 9.59 Å². The zero-order valence-corrected chi connectivity index (χ0v) is 15.1. The van der Waals surface area contributed by atoms with Gasteiger partial charge in [-0.1, -0.05) is 6.92 Å². The summed E-state index contributed by atoms with van der Waals surface area (Å²) in [7, 11) is 0. The molecule has 3 unspecified atom stereocenters. The predicted molar refractivity (Wildman–Crippen MR) is 87.4 cm³/mol. The highest BCUT2D eigenvalue weighted by Crippen LogP contribution is 2.02. The molecule has 0 aliphatic heterocycles. The SMILES string of the molecule is CCCOC(C)COC(C)COC(C)COC(=O)CCC(C)=O. The number of hydrogen-bond acceptors (Lipinski definition) is 6. The number of ether oxygens (including phenoxy) is 4. The van der Waals surface area contributed by atoms with Crippen molar-refractivity contribution in [1.82, 2.24) is 0 Å². The molecule has 6 heteroatoms. The van der Waals surface area contributed by atoms with E-state index >= 15 is 0 Å². The maximum Gasteiger partial charge on any atom is 0.306 e. The quantitative estimate of drug-likeness (QED) is 0.455. The van der Waals surface area contributed by atoms with E-state index in [0.717, 1.165) is 13.0 Å². The minimum atomic E-state index is -0.373. The van der Waals surface area contributed by atoms with Crippen molar-refractivity contribution in [2.75, 3.05) is 26.4 Å². The molecule has 6 nitrogen and oxygen atoms in total. The van der Waals surface area contributed by atoms with Crippen LogP contribution in [-0.2, 0) is 28.5 Å². The number of Topliss-reactive ketones (excluding diaryl/α,β-unsaturated/α-hetero) is 1. The lowest BCUT2D eigenvalue weighted by atomic mass is 10.2. The Labute approximate surface area is 139 Å². The topological polar surface area (TPSA) is 71.1 Å². The molecule has 0 aromatic rings. The fraction of sp³-hybridized carbons (Fsp3) is 0.882. The maximum absolute atomic E-state index is 11.4. The predicted octanol–water partition coefficient (Wildman–Crippen LogP) is 2.52. The molecule has 0 aliphatic carbocycles. The van der Waals surface area contributed by atoms with E-state index in [-0.39, 0.29) is 49.5 Å². The van der Waals surface area contributed by atoms with Crippen LogP contribution in [0.25, 0.3) is 0 Å². The Hall–Kier alpha value is -0.980. The summed E-state index contributed by atoms with van der Waals surface area (Å²) in [5.41, 5.74) is 0. The smallest absolute Gasteiger partial charge is 0.306 e. The molecule has 0 rings (SSSR count). The van der Waals surface area contributed by atoms with Gasteiger partial charge in [0.2, 0.25) is 0 Å². The van der Waals surface area contributed by atoms with Crippen LogP contribution in [0.5, 0.6) is 0 Å². The van der Waals surface area contributed by atoms with E-state index in [4.69, 9.17) is 18.9 Å². The van der Waals surface area contributed by atoms with E-state index in [2.05, 4.69) is 6.92 Å². The number of esters is 1. The van der Waals surface area contributed by atoms with Gasteiger partial charge in [-0.05, 0) is 34.1 Å². The van der Waals surface area contributed by atoms with Crippen molar-refractivity contribution in [3.05, 3.63) is 0 Å². The van der Waals surface area contributed by atoms with Gasteiger partial charge in [-0.3, -0.25) is 4.79 Å². The summed E-state index contributed by atoms with van der Waals surface area (Å²) in [5.74, 6) is -0.392. The van der Waals surface area contributed by atoms with Crippen molar-refractivity contribution in [2.24, 2.45) is 0 Å². The molecule has 136 valence electrons. The molecule has 0 bridgehead atoms. The summed E-state index contributed by atoms with van der Waals surface area (Å²) in [5, 5.41) is 0. The molecule has 3 atom stereocenters. The van der Waals surface area contributed by atoms with Crippen molar-refractivity contribution in [1.29, 1.82) is 0 Å². The summed E-state index contributed by atoms with van der Waals surface area (Å²) in [6.45, 7) is 11.1. The fourth-order valence-electron chi connectivity index (χ4n) is 1.62. The molecule has 0 spiro atoms. The molecule has 23 heavy (non-hydrogen) atoms. The summed E-state index contributed by atoms with van der Waals surface area (Å²) < 4.78 is 21.8. The van der Waals surface area contributed by atoms with Crippen molar-refractivity contribution in [2.45, 2.75) is 72.2 Å². The van der Waals surface area contributed by atoms with Gasteiger partial charge >= 0.3 is 5.97 Å². The van der Waals surface area contributed by atoms with Gasteiger partial charge in [0.05, 0.1) is 37.9 Å². The Balaban J connectivity index is 3.69. The van der Waals surface area contributed by atoms with Crippen LogP contribution in [0.15, 0.2) is 0 Å². The van der Waals surface area contributed by atoms with Gasteiger partial charge in [-0.25, -0.2) is 0 Å². The lowest BCUT2D eigenvalue weighted by Gasteiger charge is -2.20. The molecule has 0 fully saturated rings. The molecule has 0 radical (unpaired) electrons. The lowest BCUT2D eigenvalue weighted by Crippen LogP contribution is -2.27. The first-order valence-electron chi connectivity index (χ1n) is 8.35. The highest BCUT2D eigenvalue weighted by atomic mass is 16.6. The van der Waals surface area contributed by atoms with Crippen molar-refractivity contribution < 1.29 is 28.5 Å². The Morgan fingerprint density at radius 3 is 1.87 bits per heavy atom. The third-order valence-corrected chi connectivity index (χ3v) is 3.00. The van der Waals surface area contributed by atoms with Crippen LogP contribution >= 0.6 is 0 Å². The van der Waals surface area contributed by atoms with Crippen LogP contribution in [0.1, 0.15) is 53.9 Å². The Bertz CT molecular complexity index is 331. The van der Waals surface area contributed by atoms with E-state index in [1.165, 1.54) is 6.92 Å². The van der Waals surface area contributed by atoms with E-state index in [0.29, 0.717) is 13.2 Å². The third-order valence-electron chi connectivity index (χ3n) is 3.00. The second kappa shape index (κ2) is 13.5. The summed E-state index contributed by atoms with van der Waals surface area (Å²) in [4.78, 5) is 22.2. The molecule has 0 heterocycles. The van der Waals surface area contributed by atoms with Crippen molar-refractivity contribution in [3.8, 4) is 0 Å². The second-order valence-corrected chi connectivity index (χ2v) is 5.85. The normalized spacial score (nSPS) is 15.0. The molecule has 0 amide bonds. The van der Waals surface area contributed by atoms with Gasteiger partial charge in [0.1, 0.15) is 12.4 Å². The number of carbonyl (C=O) groups excluding carboxylic acids is 2. The Morgan fingerprint density at radius 1 is 0.826 bits per heavy atom. The third kappa shape index (κ3) is 14.3. The first kappa shape index (κ1) is 22.0. The fourth-order valence-corrected chi connectivity index (χ4v) is 1.62. The Kier molecular flexibility index (Phi) is 12.9. The lowest BCUT2D eigenvalue weighted by molar-refractivity contribution is -0.149. The molecular weight excluding hydrogens is 300 g/mol. The minimum Gasteiger partial charge on any atom is -0.463 e. The van der Waals surface area contributed by atoms with Crippen LogP contribution in [0.2, 0.25) is 0 Å². The summed E-state index contributed by atoms with van der Waals surface area (Å²) in [6, 6.07) is 0. The van der Waals surface area contributed by atoms with E-state index < -0.39 is 0 Å². The van der Waals surface area contributed by atoms with Gasteiger partial charge in [0.15, 0.2) is 0 Å². The van der Waals surface area contributed by atoms with Crippen LogP contribution in [-0.4, -0.2) is 56.5 Å². The summed E-state index contributed by atoms with van der Waals surface area (Å²) >= 11 is 0. The highest BCUT2D eigenvalue weighted by molar-refractivity contribution is 5.80.